The molecule has 0 aliphatic carbocycles. The summed E-state index contributed by atoms with van der Waals surface area (Å²) < 4.78 is 9.73. The number of nitrogens with two attached hydrogens (primary N) is 1. The second-order valence-electron chi connectivity index (χ2n) is 15.3. The van der Waals surface area contributed by atoms with Crippen molar-refractivity contribution in [2.75, 3.05) is 19.6 Å². The number of aromatic nitrogens is 3. The van der Waals surface area contributed by atoms with Crippen LogP contribution in [0, 0.1) is 12.3 Å². The van der Waals surface area contributed by atoms with Crippen LogP contribution < -0.4 is 5.73 Å². The molecule has 0 bridgehead atoms. The Bertz CT molecular complexity index is 1960. The van der Waals surface area contributed by atoms with E-state index in [0.29, 0.717) is 6.54 Å². The Labute approximate surface area is 289 Å². The summed E-state index contributed by atoms with van der Waals surface area (Å²) in [6.07, 6.45) is 1.88. The van der Waals surface area contributed by atoms with Crippen LogP contribution in [0.5, 0.6) is 0 Å². The molecule has 1 aliphatic rings. The zero-order valence-corrected chi connectivity index (χ0v) is 29.7. The fourth-order valence-corrected chi connectivity index (χ4v) is 6.64. The summed E-state index contributed by atoms with van der Waals surface area (Å²) in [5, 5.41) is 5.47. The van der Waals surface area contributed by atoms with Crippen molar-refractivity contribution in [3.63, 3.8) is 0 Å². The van der Waals surface area contributed by atoms with Gasteiger partial charge in [0.15, 0.2) is 5.69 Å². The van der Waals surface area contributed by atoms with Crippen LogP contribution in [0.2, 0.25) is 0 Å². The number of hydrogen-bond acceptors (Lipinski definition) is 5. The molecular weight excluding hydrogens is 612 g/mol. The number of benzene rings is 3. The van der Waals surface area contributed by atoms with Gasteiger partial charge < -0.3 is 19.9 Å². The van der Waals surface area contributed by atoms with Gasteiger partial charge in [-0.05, 0) is 85.7 Å². The fourth-order valence-electron chi connectivity index (χ4n) is 6.64. The first-order valence-corrected chi connectivity index (χ1v) is 17.0. The number of amides is 2. The quantitative estimate of drug-likeness (QED) is 0.196. The Hall–Kier alpha value is -4.89. The van der Waals surface area contributed by atoms with Gasteiger partial charge in [-0.15, -0.1) is 0 Å². The van der Waals surface area contributed by atoms with Gasteiger partial charge in [0.2, 0.25) is 0 Å². The van der Waals surface area contributed by atoms with Crippen LogP contribution in [0.3, 0.4) is 0 Å². The highest BCUT2D eigenvalue weighted by molar-refractivity contribution is 5.91. The van der Waals surface area contributed by atoms with Crippen LogP contribution in [0.25, 0.3) is 27.7 Å². The summed E-state index contributed by atoms with van der Waals surface area (Å²) in [7, 11) is 0. The first-order valence-electron chi connectivity index (χ1n) is 17.0. The molecule has 1 atom stereocenters. The Morgan fingerprint density at radius 1 is 0.837 bits per heavy atom. The van der Waals surface area contributed by atoms with Gasteiger partial charge in [0.25, 0.3) is 5.91 Å². The molecule has 1 aliphatic heterocycles. The minimum Gasteiger partial charge on any atom is -0.444 e. The van der Waals surface area contributed by atoms with Gasteiger partial charge in [-0.1, -0.05) is 69.3 Å². The minimum atomic E-state index is -0.532. The first kappa shape index (κ1) is 34.0. The number of rotatable bonds is 7. The topological polar surface area (TPSA) is 98.6 Å². The number of ether oxygens (including phenoxy) is 1. The summed E-state index contributed by atoms with van der Waals surface area (Å²) in [5.41, 5.74) is 12.8. The minimum absolute atomic E-state index is 0.0670. The van der Waals surface area contributed by atoms with Crippen molar-refractivity contribution in [2.24, 2.45) is 11.1 Å². The van der Waals surface area contributed by atoms with E-state index in [2.05, 4.69) is 108 Å². The lowest BCUT2D eigenvalue weighted by Crippen LogP contribution is -2.60. The van der Waals surface area contributed by atoms with Crippen molar-refractivity contribution in [2.45, 2.75) is 73.2 Å². The molecule has 2 amide bonds. The molecule has 0 spiro atoms. The van der Waals surface area contributed by atoms with Crippen molar-refractivity contribution >= 4 is 22.9 Å². The van der Waals surface area contributed by atoms with E-state index in [1.807, 2.05) is 38.7 Å². The van der Waals surface area contributed by atoms with Gasteiger partial charge in [-0.3, -0.25) is 9.69 Å². The van der Waals surface area contributed by atoms with Crippen LogP contribution in [-0.2, 0) is 17.8 Å². The van der Waals surface area contributed by atoms with Gasteiger partial charge in [-0.2, -0.15) is 5.10 Å². The monoisotopic (exact) mass is 660 g/mol. The van der Waals surface area contributed by atoms with Crippen molar-refractivity contribution in [1.29, 1.82) is 0 Å². The molecule has 0 saturated carbocycles. The first-order chi connectivity index (χ1) is 23.1. The van der Waals surface area contributed by atoms with Crippen LogP contribution in [0.4, 0.5) is 4.79 Å². The lowest BCUT2D eigenvalue weighted by atomic mass is 9.84. The van der Waals surface area contributed by atoms with Crippen molar-refractivity contribution in [3.05, 3.63) is 108 Å². The third-order valence-electron chi connectivity index (χ3n) is 9.23. The third-order valence-corrected chi connectivity index (χ3v) is 9.23. The molecule has 3 heterocycles. The molecule has 6 rings (SSSR count). The van der Waals surface area contributed by atoms with Gasteiger partial charge in [0.1, 0.15) is 5.60 Å². The second-order valence-corrected chi connectivity index (χ2v) is 15.3. The molecule has 2 aromatic heterocycles. The van der Waals surface area contributed by atoms with E-state index in [-0.39, 0.29) is 23.2 Å². The summed E-state index contributed by atoms with van der Waals surface area (Å²) in [5.74, 6) is -0.532. The van der Waals surface area contributed by atoms with E-state index in [0.717, 1.165) is 48.5 Å². The smallest absolute Gasteiger partial charge is 0.410 e. The van der Waals surface area contributed by atoms with Crippen molar-refractivity contribution in [3.8, 4) is 16.8 Å². The molecule has 9 heteroatoms. The highest BCUT2D eigenvalue weighted by atomic mass is 16.6. The molecule has 5 aromatic rings. The van der Waals surface area contributed by atoms with E-state index >= 15 is 0 Å². The number of primary amides is 1. The molecule has 0 radical (unpaired) electrons. The number of aryl methyl sites for hydroxylation is 1. The zero-order chi connectivity index (χ0) is 35.1. The number of hydrogen-bond donors (Lipinski definition) is 1. The summed E-state index contributed by atoms with van der Waals surface area (Å²) in [4.78, 5) is 29.0. The number of carbonyl (C=O) groups is 2. The number of nitrogens with zero attached hydrogens (tertiary/aromatic N) is 5. The largest absolute Gasteiger partial charge is 0.444 e. The van der Waals surface area contributed by atoms with Crippen LogP contribution in [0.15, 0.2) is 85.1 Å². The predicted molar refractivity (Wildman–Crippen MR) is 195 cm³/mol. The summed E-state index contributed by atoms with van der Waals surface area (Å²) >= 11 is 0. The fraction of sp³-hybridized carbons (Fsp3) is 0.375. The Morgan fingerprint density at radius 3 is 2.04 bits per heavy atom. The molecular formula is C40H48N6O3. The standard InChI is InChI=1S/C40H48N6O3/c1-27-22-34(37(41)47)42-46(27)33-16-17-35-32(23-33)18-19-44(35)25-29-10-14-31(15-11-29)30-12-8-28(9-13-30)24-43-20-21-45(36(26-43)39(2,3)4)38(48)49-40(5,6)7/h8-19,22-23,36H,20-21,24-26H2,1-7H3,(H2,41,47). The lowest BCUT2D eigenvalue weighted by molar-refractivity contribution is -0.0244. The van der Waals surface area contributed by atoms with Crippen molar-refractivity contribution in [1.82, 2.24) is 24.1 Å². The van der Waals surface area contributed by atoms with Crippen LogP contribution in [0.1, 0.15) is 68.9 Å². The molecule has 1 fully saturated rings. The molecule has 2 N–H and O–H groups in total. The molecule has 256 valence electrons. The Kier molecular flexibility index (Phi) is 9.15. The van der Waals surface area contributed by atoms with Gasteiger partial charge in [0.05, 0.1) is 11.7 Å². The van der Waals surface area contributed by atoms with Crippen LogP contribution in [-0.4, -0.2) is 67.4 Å². The Balaban J connectivity index is 1.08. The molecule has 1 unspecified atom stereocenters. The maximum atomic E-state index is 13.0. The number of fused-ring (bicyclic) bond motifs is 1. The summed E-state index contributed by atoms with van der Waals surface area (Å²) in [6.45, 7) is 18.1. The lowest BCUT2D eigenvalue weighted by Gasteiger charge is -2.47. The maximum Gasteiger partial charge on any atom is 0.410 e. The second kappa shape index (κ2) is 13.2. The van der Waals surface area contributed by atoms with E-state index < -0.39 is 11.5 Å². The molecule has 3 aromatic carbocycles. The van der Waals surface area contributed by atoms with Crippen LogP contribution >= 0.6 is 0 Å². The van der Waals surface area contributed by atoms with E-state index in [9.17, 15) is 9.59 Å². The van der Waals surface area contributed by atoms with Gasteiger partial charge in [-0.25, -0.2) is 9.48 Å². The number of piperazine rings is 1. The van der Waals surface area contributed by atoms with E-state index in [1.54, 1.807) is 10.7 Å². The molecule has 1 saturated heterocycles. The highest BCUT2D eigenvalue weighted by Gasteiger charge is 2.39. The summed E-state index contributed by atoms with van der Waals surface area (Å²) in [6, 6.07) is 27.7. The van der Waals surface area contributed by atoms with Crippen molar-refractivity contribution < 1.29 is 14.3 Å². The SMILES string of the molecule is Cc1cc(C(N)=O)nn1-c1ccc2c(ccn2Cc2ccc(-c3ccc(CN4CCN(C(=O)OC(C)(C)C)C(C(C)(C)C)C4)cc3)cc2)c1. The molecule has 9 nitrogen and oxygen atoms in total. The maximum absolute atomic E-state index is 13.0. The zero-order valence-electron chi connectivity index (χ0n) is 29.7. The molecule has 49 heavy (non-hydrogen) atoms. The predicted octanol–water partition coefficient (Wildman–Crippen LogP) is 7.42. The van der Waals surface area contributed by atoms with E-state index in [4.69, 9.17) is 10.5 Å². The van der Waals surface area contributed by atoms with Gasteiger partial charge in [0, 0.05) is 55.5 Å². The average molecular weight is 661 g/mol. The third kappa shape index (κ3) is 7.73. The Morgan fingerprint density at radius 2 is 1.47 bits per heavy atom. The highest BCUT2D eigenvalue weighted by Crippen LogP contribution is 2.30. The number of carbonyl (C=O) groups excluding carboxylic acids is 2. The van der Waals surface area contributed by atoms with E-state index in [1.165, 1.54) is 22.3 Å². The normalized spacial score (nSPS) is 15.9. The average Bonchev–Trinajstić information content (AvgIpc) is 3.63. The van der Waals surface area contributed by atoms with Gasteiger partial charge >= 0.3 is 6.09 Å².